The van der Waals surface area contributed by atoms with Crippen molar-refractivity contribution in [1.82, 2.24) is 0 Å². The molecule has 1 N–H and O–H groups in total. The first kappa shape index (κ1) is 17.0. The van der Waals surface area contributed by atoms with Crippen molar-refractivity contribution < 1.29 is 41.0 Å². The maximum absolute atomic E-state index is 12.4. The summed E-state index contributed by atoms with van der Waals surface area (Å²) in [6.07, 6.45) is -12.5. The normalized spacial score (nSPS) is 13.2. The van der Waals surface area contributed by atoms with Crippen LogP contribution in [-0.4, -0.2) is 29.0 Å². The van der Waals surface area contributed by atoms with E-state index < -0.39 is 29.7 Å². The number of aliphatic hydroxyl groups is 1. The highest BCUT2D eigenvalue weighted by molar-refractivity contribution is 14.1. The van der Waals surface area contributed by atoms with Gasteiger partial charge >= 0.3 is 23.9 Å². The number of halogens is 7. The Hall–Kier alpha value is -1.04. The largest absolute Gasteiger partial charge is 0.437 e. The lowest BCUT2D eigenvalue weighted by atomic mass is 10.0. The molecule has 10 heteroatoms. The lowest BCUT2D eigenvalue weighted by Gasteiger charge is -2.29. The van der Waals surface area contributed by atoms with E-state index in [1.807, 2.05) is 0 Å². The Labute approximate surface area is 121 Å². The molecular weight excluding hydrogens is 409 g/mol. The summed E-state index contributed by atoms with van der Waals surface area (Å²) in [5, 5.41) is 8.78. The van der Waals surface area contributed by atoms with Gasteiger partial charge in [0.05, 0.1) is 3.57 Å². The summed E-state index contributed by atoms with van der Waals surface area (Å²) in [7, 11) is 0. The average molecular weight is 414 g/mol. The Morgan fingerprint density at radius 1 is 1.05 bits per heavy atom. The SMILES string of the molecule is O=C(Oc1ccccc1I)C(O)(C(F)(F)F)C(F)(F)F. The fourth-order valence-corrected chi connectivity index (χ4v) is 1.59. The lowest BCUT2D eigenvalue weighted by molar-refractivity contribution is -0.354. The maximum Gasteiger partial charge on any atom is 0.437 e. The number of carbonyl (C=O) groups is 1. The van der Waals surface area contributed by atoms with Gasteiger partial charge < -0.3 is 9.84 Å². The molecule has 3 nitrogen and oxygen atoms in total. The van der Waals surface area contributed by atoms with Crippen LogP contribution in [0.25, 0.3) is 0 Å². The van der Waals surface area contributed by atoms with Crippen LogP contribution in [0, 0.1) is 3.57 Å². The van der Waals surface area contributed by atoms with Gasteiger partial charge in [-0.15, -0.1) is 0 Å². The number of benzene rings is 1. The van der Waals surface area contributed by atoms with Gasteiger partial charge in [-0.3, -0.25) is 0 Å². The minimum absolute atomic E-state index is 0.102. The smallest absolute Gasteiger partial charge is 0.423 e. The van der Waals surface area contributed by atoms with Gasteiger partial charge in [-0.1, -0.05) is 12.1 Å². The highest BCUT2D eigenvalue weighted by atomic mass is 127. The quantitative estimate of drug-likeness (QED) is 0.351. The van der Waals surface area contributed by atoms with E-state index in [1.165, 1.54) is 18.2 Å². The summed E-state index contributed by atoms with van der Waals surface area (Å²) in [6, 6.07) is 4.96. The van der Waals surface area contributed by atoms with E-state index in [0.29, 0.717) is 0 Å². The van der Waals surface area contributed by atoms with Gasteiger partial charge in [0.15, 0.2) is 0 Å². The molecule has 0 fully saturated rings. The Bertz CT molecular complexity index is 496. The van der Waals surface area contributed by atoms with E-state index in [1.54, 1.807) is 22.6 Å². The van der Waals surface area contributed by atoms with E-state index in [0.717, 1.165) is 6.07 Å². The van der Waals surface area contributed by atoms with E-state index in [4.69, 9.17) is 5.11 Å². The Balaban J connectivity index is 3.19. The summed E-state index contributed by atoms with van der Waals surface area (Å²) in [6.45, 7) is 0. The van der Waals surface area contributed by atoms with Crippen LogP contribution < -0.4 is 4.74 Å². The van der Waals surface area contributed by atoms with Crippen molar-refractivity contribution in [3.63, 3.8) is 0 Å². The molecule has 0 aliphatic rings. The second-order valence-electron chi connectivity index (χ2n) is 3.53. The minimum Gasteiger partial charge on any atom is -0.423 e. The average Bonchev–Trinajstić information content (AvgIpc) is 2.28. The molecule has 1 rings (SSSR count). The monoisotopic (exact) mass is 414 g/mol. The zero-order valence-electron chi connectivity index (χ0n) is 9.22. The fraction of sp³-hybridized carbons (Fsp3) is 0.300. The lowest BCUT2D eigenvalue weighted by Crippen LogP contribution is -2.63. The van der Waals surface area contributed by atoms with Crippen molar-refractivity contribution in [1.29, 1.82) is 0 Å². The van der Waals surface area contributed by atoms with Crippen LogP contribution in [0.5, 0.6) is 5.75 Å². The van der Waals surface area contributed by atoms with E-state index >= 15 is 0 Å². The van der Waals surface area contributed by atoms with E-state index in [-0.39, 0.29) is 3.57 Å². The van der Waals surface area contributed by atoms with E-state index in [2.05, 4.69) is 4.74 Å². The first-order chi connectivity index (χ1) is 8.91. The second-order valence-corrected chi connectivity index (χ2v) is 4.69. The minimum atomic E-state index is -6.26. The molecule has 0 bridgehead atoms. The van der Waals surface area contributed by atoms with Gasteiger partial charge in [-0.2, -0.15) is 26.3 Å². The summed E-state index contributed by atoms with van der Waals surface area (Å²) in [4.78, 5) is 11.2. The standard InChI is InChI=1S/C10H5F6IO3/c11-9(12,13)8(19,10(14,15)16)7(18)20-6-4-2-1-3-5(6)17/h1-4,19H. The van der Waals surface area contributed by atoms with Crippen LogP contribution in [-0.2, 0) is 4.79 Å². The topological polar surface area (TPSA) is 46.5 Å². The molecule has 0 aromatic heterocycles. The molecule has 0 saturated carbocycles. The summed E-state index contributed by atoms with van der Waals surface area (Å²) >= 11 is 1.54. The Morgan fingerprint density at radius 3 is 1.90 bits per heavy atom. The van der Waals surface area contributed by atoms with Crippen LogP contribution in [0.4, 0.5) is 26.3 Å². The maximum atomic E-state index is 12.4. The second kappa shape index (κ2) is 5.39. The number of rotatable bonds is 2. The third kappa shape index (κ3) is 3.00. The summed E-state index contributed by atoms with van der Waals surface area (Å²) in [5.74, 6) is -3.38. The number of hydrogen-bond acceptors (Lipinski definition) is 3. The Kier molecular flexibility index (Phi) is 4.58. The van der Waals surface area contributed by atoms with Gasteiger partial charge in [-0.25, -0.2) is 4.79 Å². The van der Waals surface area contributed by atoms with Crippen LogP contribution in [0.3, 0.4) is 0 Å². The van der Waals surface area contributed by atoms with Gasteiger partial charge in [-0.05, 0) is 34.7 Å². The van der Waals surface area contributed by atoms with Crippen LogP contribution in [0.1, 0.15) is 0 Å². The molecule has 1 aromatic rings. The van der Waals surface area contributed by atoms with Crippen LogP contribution in [0.15, 0.2) is 24.3 Å². The summed E-state index contributed by atoms with van der Waals surface area (Å²) in [5.41, 5.74) is -5.58. The van der Waals surface area contributed by atoms with Crippen molar-refractivity contribution in [3.8, 4) is 5.75 Å². The molecule has 1 aromatic carbocycles. The van der Waals surface area contributed by atoms with Gasteiger partial charge in [0.1, 0.15) is 5.75 Å². The third-order valence-corrected chi connectivity index (χ3v) is 3.05. The zero-order chi connectivity index (χ0) is 15.8. The molecule has 0 atom stereocenters. The van der Waals surface area contributed by atoms with Crippen molar-refractivity contribution >= 4 is 28.6 Å². The Morgan fingerprint density at radius 2 is 1.50 bits per heavy atom. The van der Waals surface area contributed by atoms with Gasteiger partial charge in [0.25, 0.3) is 0 Å². The number of carbonyl (C=O) groups excluding carboxylic acids is 1. The number of hydrogen-bond donors (Lipinski definition) is 1. The first-order valence-electron chi connectivity index (χ1n) is 4.74. The highest BCUT2D eigenvalue weighted by Crippen LogP contribution is 2.44. The number of esters is 1. The predicted molar refractivity (Wildman–Crippen MR) is 61.9 cm³/mol. The van der Waals surface area contributed by atoms with Gasteiger partial charge in [0, 0.05) is 0 Å². The number of ether oxygens (including phenoxy) is 1. The molecule has 20 heavy (non-hydrogen) atoms. The molecule has 0 amide bonds. The first-order valence-corrected chi connectivity index (χ1v) is 5.81. The molecule has 112 valence electrons. The highest BCUT2D eigenvalue weighted by Gasteiger charge is 2.76. The molecule has 0 aliphatic heterocycles. The third-order valence-electron chi connectivity index (χ3n) is 2.16. The van der Waals surface area contributed by atoms with Crippen molar-refractivity contribution in [2.24, 2.45) is 0 Å². The van der Waals surface area contributed by atoms with E-state index in [9.17, 15) is 31.1 Å². The molecule has 0 heterocycles. The molecule has 0 aliphatic carbocycles. The van der Waals surface area contributed by atoms with Crippen LogP contribution in [0.2, 0.25) is 0 Å². The van der Waals surface area contributed by atoms with Crippen molar-refractivity contribution in [2.75, 3.05) is 0 Å². The summed E-state index contributed by atoms with van der Waals surface area (Å²) < 4.78 is 78.4. The number of alkyl halides is 6. The predicted octanol–water partition coefficient (Wildman–Crippen LogP) is 3.05. The fourth-order valence-electron chi connectivity index (χ4n) is 1.09. The molecule has 0 radical (unpaired) electrons. The zero-order valence-corrected chi connectivity index (χ0v) is 11.4. The van der Waals surface area contributed by atoms with Crippen molar-refractivity contribution in [2.45, 2.75) is 18.0 Å². The molecule has 0 saturated heterocycles. The number of para-hydroxylation sites is 1. The van der Waals surface area contributed by atoms with Crippen molar-refractivity contribution in [3.05, 3.63) is 27.8 Å². The molecule has 0 spiro atoms. The van der Waals surface area contributed by atoms with Gasteiger partial charge in [0.2, 0.25) is 0 Å². The molecule has 0 unspecified atom stereocenters. The molecular formula is C10H5F6IO3. The van der Waals surface area contributed by atoms with Crippen LogP contribution >= 0.6 is 22.6 Å².